The summed E-state index contributed by atoms with van der Waals surface area (Å²) in [4.78, 5) is 0. The van der Waals surface area contributed by atoms with E-state index in [1.807, 2.05) is 0 Å². The summed E-state index contributed by atoms with van der Waals surface area (Å²) in [6.45, 7) is 0. The van der Waals surface area contributed by atoms with Crippen molar-refractivity contribution in [2.24, 2.45) is 5.92 Å². The predicted octanol–water partition coefficient (Wildman–Crippen LogP) is 0.566. The minimum atomic E-state index is -2.30. The zero-order valence-corrected chi connectivity index (χ0v) is 6.96. The molecule has 0 heterocycles. The van der Waals surface area contributed by atoms with Crippen LogP contribution in [0.3, 0.4) is 0 Å². The Labute approximate surface area is 68.3 Å². The van der Waals surface area contributed by atoms with Crippen molar-refractivity contribution in [2.45, 2.75) is 18.1 Å². The van der Waals surface area contributed by atoms with E-state index in [0.717, 1.165) is 6.42 Å². The van der Waals surface area contributed by atoms with Crippen molar-refractivity contribution < 1.29 is 8.42 Å². The van der Waals surface area contributed by atoms with Crippen LogP contribution < -0.4 is 0 Å². The highest BCUT2D eigenvalue weighted by Crippen LogP contribution is 2.18. The van der Waals surface area contributed by atoms with Crippen LogP contribution >= 0.6 is 0 Å². The molecular weight excluding hydrogens is 160 g/mol. The van der Waals surface area contributed by atoms with Gasteiger partial charge in [0.1, 0.15) is 10.7 Å². The summed E-state index contributed by atoms with van der Waals surface area (Å²) in [6, 6.07) is 0. The number of hydrogen-bond donors (Lipinski definition) is 1. The standard InChI is InChI=1S/C8H10O2S/c1-2-7-3-5-8(6-4-7)11(9)10/h1,3,5,7-8,11H,4,6H2/t7-,8?/m1/s1. The van der Waals surface area contributed by atoms with Gasteiger partial charge >= 0.3 is 0 Å². The molecule has 0 saturated carbocycles. The third kappa shape index (κ3) is 2.09. The fourth-order valence-corrected chi connectivity index (χ4v) is 1.72. The first-order valence-electron chi connectivity index (χ1n) is 3.52. The van der Waals surface area contributed by atoms with Gasteiger partial charge in [-0.2, -0.15) is 0 Å². The molecule has 0 aromatic rings. The van der Waals surface area contributed by atoms with Crippen LogP contribution in [0.25, 0.3) is 0 Å². The molecule has 0 radical (unpaired) electrons. The fourth-order valence-electron chi connectivity index (χ4n) is 1.12. The van der Waals surface area contributed by atoms with Gasteiger partial charge in [0.25, 0.3) is 0 Å². The SMILES string of the molecule is C#C[C@@H]1C=CC([SH](=O)=O)CC1. The maximum absolute atomic E-state index is 10.5. The predicted molar refractivity (Wildman–Crippen MR) is 44.8 cm³/mol. The van der Waals surface area contributed by atoms with Gasteiger partial charge in [0, 0.05) is 5.92 Å². The monoisotopic (exact) mass is 170 g/mol. The second-order valence-corrected chi connectivity index (χ2v) is 3.82. The van der Waals surface area contributed by atoms with Gasteiger partial charge in [-0.3, -0.25) is 0 Å². The lowest BCUT2D eigenvalue weighted by atomic mass is 9.97. The van der Waals surface area contributed by atoms with E-state index in [0.29, 0.717) is 6.42 Å². The van der Waals surface area contributed by atoms with Crippen LogP contribution in [0.4, 0.5) is 0 Å². The van der Waals surface area contributed by atoms with E-state index in [4.69, 9.17) is 6.42 Å². The van der Waals surface area contributed by atoms with E-state index < -0.39 is 10.7 Å². The van der Waals surface area contributed by atoms with Crippen molar-refractivity contribution in [2.75, 3.05) is 0 Å². The molecule has 1 rings (SSSR count). The maximum Gasteiger partial charge on any atom is 0.146 e. The van der Waals surface area contributed by atoms with Crippen LogP contribution in [0.2, 0.25) is 0 Å². The Hall–Kier alpha value is -0.750. The first kappa shape index (κ1) is 8.35. The van der Waals surface area contributed by atoms with Crippen LogP contribution in [-0.4, -0.2) is 13.7 Å². The molecule has 60 valence electrons. The lowest BCUT2D eigenvalue weighted by molar-refractivity contribution is 0.584. The lowest BCUT2D eigenvalue weighted by Crippen LogP contribution is -2.13. The van der Waals surface area contributed by atoms with Crippen molar-refractivity contribution >= 4 is 10.7 Å². The number of hydrogen-bond acceptors (Lipinski definition) is 2. The average Bonchev–Trinajstić information content (AvgIpc) is 2.05. The Balaban J connectivity index is 2.65. The summed E-state index contributed by atoms with van der Waals surface area (Å²) >= 11 is 0. The largest absolute Gasteiger partial charge is 0.231 e. The van der Waals surface area contributed by atoms with Crippen LogP contribution in [0.5, 0.6) is 0 Å². The van der Waals surface area contributed by atoms with Crippen LogP contribution in [0.1, 0.15) is 12.8 Å². The van der Waals surface area contributed by atoms with Crippen molar-refractivity contribution in [3.63, 3.8) is 0 Å². The Morgan fingerprint density at radius 2 is 2.09 bits per heavy atom. The molecule has 0 amide bonds. The van der Waals surface area contributed by atoms with Crippen molar-refractivity contribution in [3.05, 3.63) is 12.2 Å². The lowest BCUT2D eigenvalue weighted by Gasteiger charge is -2.14. The minimum Gasteiger partial charge on any atom is -0.231 e. The number of terminal acetylenes is 1. The summed E-state index contributed by atoms with van der Waals surface area (Å²) in [5, 5.41) is -0.283. The van der Waals surface area contributed by atoms with Gasteiger partial charge < -0.3 is 0 Å². The molecule has 0 fully saturated rings. The summed E-state index contributed by atoms with van der Waals surface area (Å²) < 4.78 is 21.0. The normalized spacial score (nSPS) is 30.2. The first-order valence-corrected chi connectivity index (χ1v) is 4.76. The topological polar surface area (TPSA) is 34.1 Å². The van der Waals surface area contributed by atoms with E-state index in [1.54, 1.807) is 12.2 Å². The van der Waals surface area contributed by atoms with Crippen LogP contribution in [0.15, 0.2) is 12.2 Å². The van der Waals surface area contributed by atoms with Crippen molar-refractivity contribution in [1.82, 2.24) is 0 Å². The molecule has 0 bridgehead atoms. The number of allylic oxidation sites excluding steroid dienone is 1. The first-order chi connectivity index (χ1) is 5.24. The van der Waals surface area contributed by atoms with E-state index in [1.165, 1.54) is 0 Å². The number of thiol groups is 1. The molecule has 1 aliphatic carbocycles. The molecular formula is C8H10O2S. The van der Waals surface area contributed by atoms with Crippen LogP contribution in [-0.2, 0) is 10.7 Å². The zero-order valence-electron chi connectivity index (χ0n) is 6.06. The quantitative estimate of drug-likeness (QED) is 0.354. The highest BCUT2D eigenvalue weighted by atomic mass is 32.2. The Bertz CT molecular complexity index is 262. The molecule has 3 heteroatoms. The smallest absolute Gasteiger partial charge is 0.146 e. The molecule has 1 unspecified atom stereocenters. The van der Waals surface area contributed by atoms with Gasteiger partial charge in [-0.05, 0) is 12.8 Å². The summed E-state index contributed by atoms with van der Waals surface area (Å²) in [5.41, 5.74) is 0. The Morgan fingerprint density at radius 1 is 1.36 bits per heavy atom. The second-order valence-electron chi connectivity index (χ2n) is 2.59. The van der Waals surface area contributed by atoms with Crippen LogP contribution in [0, 0.1) is 18.3 Å². The van der Waals surface area contributed by atoms with Gasteiger partial charge in [-0.1, -0.05) is 18.1 Å². The Morgan fingerprint density at radius 3 is 2.45 bits per heavy atom. The van der Waals surface area contributed by atoms with Crippen molar-refractivity contribution in [1.29, 1.82) is 0 Å². The van der Waals surface area contributed by atoms with Gasteiger partial charge in [0.15, 0.2) is 0 Å². The molecule has 0 saturated heterocycles. The molecule has 0 N–H and O–H groups in total. The molecule has 0 spiro atoms. The van der Waals surface area contributed by atoms with Gasteiger partial charge in [0.05, 0.1) is 5.25 Å². The summed E-state index contributed by atoms with van der Waals surface area (Å²) in [6.07, 6.45) is 10.1. The third-order valence-electron chi connectivity index (χ3n) is 1.82. The highest BCUT2D eigenvalue weighted by Gasteiger charge is 2.15. The second kappa shape index (κ2) is 3.59. The van der Waals surface area contributed by atoms with Gasteiger partial charge in [-0.25, -0.2) is 8.42 Å². The minimum absolute atomic E-state index is 0.140. The molecule has 2 atom stereocenters. The summed E-state index contributed by atoms with van der Waals surface area (Å²) in [5.74, 6) is 2.72. The fraction of sp³-hybridized carbons (Fsp3) is 0.500. The van der Waals surface area contributed by atoms with Crippen molar-refractivity contribution in [3.8, 4) is 12.3 Å². The molecule has 11 heavy (non-hydrogen) atoms. The molecule has 0 aliphatic heterocycles. The molecule has 0 aromatic carbocycles. The van der Waals surface area contributed by atoms with Gasteiger partial charge in [0.2, 0.25) is 0 Å². The van der Waals surface area contributed by atoms with Gasteiger partial charge in [-0.15, -0.1) is 6.42 Å². The average molecular weight is 170 g/mol. The molecule has 2 nitrogen and oxygen atoms in total. The highest BCUT2D eigenvalue weighted by molar-refractivity contribution is 7.73. The Kier molecular flexibility index (Phi) is 2.72. The summed E-state index contributed by atoms with van der Waals surface area (Å²) in [7, 11) is -2.30. The molecule has 0 aromatic heterocycles. The van der Waals surface area contributed by atoms with E-state index >= 15 is 0 Å². The maximum atomic E-state index is 10.5. The number of rotatable bonds is 1. The zero-order chi connectivity index (χ0) is 8.27. The van der Waals surface area contributed by atoms with E-state index in [-0.39, 0.29) is 11.2 Å². The third-order valence-corrected chi connectivity index (χ3v) is 2.80. The molecule has 1 aliphatic rings. The van der Waals surface area contributed by atoms with E-state index in [9.17, 15) is 8.42 Å². The van der Waals surface area contributed by atoms with E-state index in [2.05, 4.69) is 5.92 Å².